The van der Waals surface area contributed by atoms with E-state index >= 15 is 0 Å². The van der Waals surface area contributed by atoms with Crippen molar-refractivity contribution in [3.63, 3.8) is 0 Å². The quantitative estimate of drug-likeness (QED) is 0.261. The summed E-state index contributed by atoms with van der Waals surface area (Å²) in [4.78, 5) is 40.8. The van der Waals surface area contributed by atoms with Gasteiger partial charge in [0.25, 0.3) is 0 Å². The number of piperazine rings is 1. The fraction of sp³-hybridized carbons (Fsp3) is 0.522. The molecule has 2 rings (SSSR count). The predicted molar refractivity (Wildman–Crippen MR) is 127 cm³/mol. The predicted octanol–water partition coefficient (Wildman–Crippen LogP) is 2.97. The van der Waals surface area contributed by atoms with Crippen molar-refractivity contribution in [2.45, 2.75) is 31.3 Å². The Labute approximate surface area is 199 Å². The van der Waals surface area contributed by atoms with Crippen LogP contribution in [0.15, 0.2) is 40.9 Å². The van der Waals surface area contributed by atoms with Crippen molar-refractivity contribution in [1.82, 2.24) is 9.80 Å². The first-order valence-corrected chi connectivity index (χ1v) is 11.7. The highest BCUT2D eigenvalue weighted by Gasteiger charge is 2.25. The number of rotatable bonds is 8. The lowest BCUT2D eigenvalue weighted by Crippen LogP contribution is -2.50. The number of carbonyl (C=O) groups is 3. The van der Waals surface area contributed by atoms with E-state index in [0.717, 1.165) is 36.4 Å². The van der Waals surface area contributed by atoms with Crippen LogP contribution in [0.1, 0.15) is 20.8 Å². The second-order valence-corrected chi connectivity index (χ2v) is 9.49. The average Bonchev–Trinajstić information content (AvgIpc) is 2.78. The largest absolute Gasteiger partial charge is 0.466 e. The number of nitrogens with zero attached hydrogens (tertiary/aromatic N) is 2. The summed E-state index contributed by atoms with van der Waals surface area (Å²) in [6.45, 7) is 9.29. The molecule has 0 radical (unpaired) electrons. The zero-order valence-corrected chi connectivity index (χ0v) is 20.7. The number of methoxy groups -OCH3 is 2. The molecule has 1 aliphatic rings. The number of benzene rings is 1. The highest BCUT2D eigenvalue weighted by Crippen LogP contribution is 2.28. The number of hydrogen-bond acceptors (Lipinski definition) is 9. The van der Waals surface area contributed by atoms with Gasteiger partial charge in [0.2, 0.25) is 0 Å². The molecule has 182 valence electrons. The molecule has 9 nitrogen and oxygen atoms in total. The number of amides is 1. The van der Waals surface area contributed by atoms with E-state index in [2.05, 4.69) is 15.0 Å². The highest BCUT2D eigenvalue weighted by molar-refractivity contribution is 7.99. The monoisotopic (exact) mass is 479 g/mol. The number of ether oxygens (including phenoxy) is 3. The van der Waals surface area contributed by atoms with E-state index in [4.69, 9.17) is 9.47 Å². The van der Waals surface area contributed by atoms with Gasteiger partial charge in [-0.3, -0.25) is 4.90 Å². The van der Waals surface area contributed by atoms with Crippen LogP contribution in [0.4, 0.5) is 10.5 Å². The van der Waals surface area contributed by atoms with E-state index in [1.165, 1.54) is 14.2 Å². The molecule has 10 heteroatoms. The molecule has 33 heavy (non-hydrogen) atoms. The summed E-state index contributed by atoms with van der Waals surface area (Å²) in [5, 5.41) is 2.98. The lowest BCUT2D eigenvalue weighted by atomic mass is 10.2. The van der Waals surface area contributed by atoms with E-state index in [1.54, 1.807) is 16.7 Å². The van der Waals surface area contributed by atoms with Gasteiger partial charge in [-0.05, 0) is 32.9 Å². The van der Waals surface area contributed by atoms with Crippen LogP contribution in [0.3, 0.4) is 0 Å². The summed E-state index contributed by atoms with van der Waals surface area (Å²) < 4.78 is 14.8. The molecule has 1 aliphatic heterocycles. The Hall–Kier alpha value is -2.72. The van der Waals surface area contributed by atoms with Gasteiger partial charge in [-0.1, -0.05) is 12.1 Å². The molecule has 0 unspecified atom stereocenters. The number of carbonyl (C=O) groups excluding carboxylic acids is 3. The van der Waals surface area contributed by atoms with E-state index in [1.807, 2.05) is 45.0 Å². The van der Waals surface area contributed by atoms with Crippen molar-refractivity contribution in [1.29, 1.82) is 0 Å². The molecule has 1 heterocycles. The molecule has 1 fully saturated rings. The number of thioether (sulfide) groups is 1. The lowest BCUT2D eigenvalue weighted by Gasteiger charge is -2.35. The molecule has 0 bridgehead atoms. The Kier molecular flexibility index (Phi) is 10.1. The topological polar surface area (TPSA) is 97.4 Å². The summed E-state index contributed by atoms with van der Waals surface area (Å²) in [5.41, 5.74) is 0.194. The smallest absolute Gasteiger partial charge is 0.410 e. The second-order valence-electron chi connectivity index (χ2n) is 8.35. The minimum absolute atomic E-state index is 0.00401. The minimum Gasteiger partial charge on any atom is -0.466 e. The maximum absolute atomic E-state index is 12.2. The van der Waals surface area contributed by atoms with Gasteiger partial charge in [-0.25, -0.2) is 14.4 Å². The molecule has 1 aromatic carbocycles. The first-order chi connectivity index (χ1) is 15.6. The van der Waals surface area contributed by atoms with Crippen molar-refractivity contribution in [2.75, 3.05) is 58.0 Å². The Morgan fingerprint density at radius 2 is 1.73 bits per heavy atom. The summed E-state index contributed by atoms with van der Waals surface area (Å²) in [7, 11) is 2.49. The van der Waals surface area contributed by atoms with Crippen molar-refractivity contribution in [2.24, 2.45) is 0 Å². The van der Waals surface area contributed by atoms with Gasteiger partial charge in [0.05, 0.1) is 26.0 Å². The Morgan fingerprint density at radius 1 is 1.06 bits per heavy atom. The molecule has 0 spiro atoms. The van der Waals surface area contributed by atoms with E-state index in [9.17, 15) is 14.4 Å². The van der Waals surface area contributed by atoms with Gasteiger partial charge in [0.15, 0.2) is 0 Å². The van der Waals surface area contributed by atoms with Crippen molar-refractivity contribution >= 4 is 35.5 Å². The number of para-hydroxylation sites is 1. The molecule has 0 saturated carbocycles. The van der Waals surface area contributed by atoms with Crippen LogP contribution in [0.5, 0.6) is 0 Å². The summed E-state index contributed by atoms with van der Waals surface area (Å²) in [6.07, 6.45) is 0.801. The van der Waals surface area contributed by atoms with Gasteiger partial charge in [-0.2, -0.15) is 0 Å². The molecule has 0 atom stereocenters. The van der Waals surface area contributed by atoms with Gasteiger partial charge < -0.3 is 24.4 Å². The minimum atomic E-state index is -0.664. The summed E-state index contributed by atoms with van der Waals surface area (Å²) >= 11 is 1.64. The van der Waals surface area contributed by atoms with Crippen LogP contribution < -0.4 is 5.32 Å². The Morgan fingerprint density at radius 3 is 2.33 bits per heavy atom. The SMILES string of the molecule is COC(=O)/C=C(/Nc1ccccc1SCCN1CCN(C(=O)OC(C)(C)C)CC1)C(=O)OC. The Bertz CT molecular complexity index is 860. The van der Waals surface area contributed by atoms with Gasteiger partial charge >= 0.3 is 18.0 Å². The number of esters is 2. The molecule has 1 aromatic rings. The van der Waals surface area contributed by atoms with Crippen LogP contribution in [0.25, 0.3) is 0 Å². The summed E-state index contributed by atoms with van der Waals surface area (Å²) in [5.74, 6) is -0.499. The molecule has 1 amide bonds. The first kappa shape index (κ1) is 26.5. The van der Waals surface area contributed by atoms with Crippen LogP contribution in [0, 0.1) is 0 Å². The lowest BCUT2D eigenvalue weighted by molar-refractivity contribution is -0.138. The van der Waals surface area contributed by atoms with E-state index in [-0.39, 0.29) is 11.8 Å². The van der Waals surface area contributed by atoms with Crippen LogP contribution in [-0.2, 0) is 23.8 Å². The van der Waals surface area contributed by atoms with Crippen LogP contribution >= 0.6 is 11.8 Å². The van der Waals surface area contributed by atoms with Crippen molar-refractivity contribution < 1.29 is 28.6 Å². The molecular formula is C23H33N3O6S. The first-order valence-electron chi connectivity index (χ1n) is 10.7. The van der Waals surface area contributed by atoms with Gasteiger partial charge in [0, 0.05) is 43.4 Å². The molecule has 1 saturated heterocycles. The Balaban J connectivity index is 1.89. The second kappa shape index (κ2) is 12.5. The normalized spacial score (nSPS) is 15.1. The third-order valence-corrected chi connectivity index (χ3v) is 5.77. The van der Waals surface area contributed by atoms with Crippen LogP contribution in [-0.4, -0.2) is 86.1 Å². The third kappa shape index (κ3) is 8.97. The molecular weight excluding hydrogens is 446 g/mol. The average molecular weight is 480 g/mol. The maximum Gasteiger partial charge on any atom is 0.410 e. The third-order valence-electron chi connectivity index (χ3n) is 4.71. The standard InChI is InChI=1S/C23H33N3O6S/c1-23(2,3)32-22(29)26-12-10-25(11-13-26)14-15-33-19-9-7-6-8-17(19)24-18(21(28)31-5)16-20(27)30-4/h6-9,16,24H,10-15H2,1-5H3/b18-16+. The fourth-order valence-electron chi connectivity index (χ4n) is 3.04. The van der Waals surface area contributed by atoms with Crippen LogP contribution in [0.2, 0.25) is 0 Å². The highest BCUT2D eigenvalue weighted by atomic mass is 32.2. The number of hydrogen-bond donors (Lipinski definition) is 1. The summed E-state index contributed by atoms with van der Waals surface area (Å²) in [6, 6.07) is 7.53. The van der Waals surface area contributed by atoms with Gasteiger partial charge in [-0.15, -0.1) is 11.8 Å². The molecule has 1 N–H and O–H groups in total. The maximum atomic E-state index is 12.2. The number of anilines is 1. The van der Waals surface area contributed by atoms with E-state index in [0.29, 0.717) is 18.8 Å². The van der Waals surface area contributed by atoms with Crippen molar-refractivity contribution in [3.8, 4) is 0 Å². The fourth-order valence-corrected chi connectivity index (χ4v) is 4.06. The van der Waals surface area contributed by atoms with Gasteiger partial charge in [0.1, 0.15) is 11.3 Å². The van der Waals surface area contributed by atoms with Crippen molar-refractivity contribution in [3.05, 3.63) is 36.0 Å². The molecule has 0 aliphatic carbocycles. The molecule has 0 aromatic heterocycles. The number of nitrogens with one attached hydrogen (secondary N) is 1. The zero-order valence-electron chi connectivity index (χ0n) is 19.9. The zero-order chi connectivity index (χ0) is 24.4. The van der Waals surface area contributed by atoms with E-state index < -0.39 is 17.5 Å².